The first-order valence-corrected chi connectivity index (χ1v) is 5.17. The van der Waals surface area contributed by atoms with E-state index in [-0.39, 0.29) is 17.3 Å². The fourth-order valence-corrected chi connectivity index (χ4v) is 1.53. The van der Waals surface area contributed by atoms with E-state index < -0.39 is 5.97 Å². The Hall–Kier alpha value is -2.30. The average Bonchev–Trinajstić information content (AvgIpc) is 2.82. The summed E-state index contributed by atoms with van der Waals surface area (Å²) in [7, 11) is 2.66. The number of hydrogen-bond donors (Lipinski definition) is 0. The number of esters is 1. The van der Waals surface area contributed by atoms with Gasteiger partial charge in [0.2, 0.25) is 0 Å². The van der Waals surface area contributed by atoms with Crippen LogP contribution in [-0.2, 0) is 4.74 Å². The van der Waals surface area contributed by atoms with Crippen LogP contribution in [-0.4, -0.2) is 20.2 Å². The molecule has 0 spiro atoms. The second-order valence-corrected chi connectivity index (χ2v) is 3.51. The zero-order chi connectivity index (χ0) is 13.1. The van der Waals surface area contributed by atoms with Crippen molar-refractivity contribution in [1.82, 2.24) is 0 Å². The number of halogens is 1. The molecule has 0 aliphatic carbocycles. The van der Waals surface area contributed by atoms with Crippen LogP contribution in [0.1, 0.15) is 10.4 Å². The van der Waals surface area contributed by atoms with Crippen LogP contribution in [0.25, 0.3) is 11.3 Å². The van der Waals surface area contributed by atoms with Gasteiger partial charge in [-0.05, 0) is 24.3 Å². The van der Waals surface area contributed by atoms with Crippen molar-refractivity contribution >= 4 is 5.97 Å². The van der Waals surface area contributed by atoms with Gasteiger partial charge in [0.1, 0.15) is 17.1 Å². The summed E-state index contributed by atoms with van der Waals surface area (Å²) < 4.78 is 27.7. The van der Waals surface area contributed by atoms with Crippen molar-refractivity contribution in [2.45, 2.75) is 0 Å². The number of ether oxygens (including phenoxy) is 2. The van der Waals surface area contributed by atoms with Crippen LogP contribution in [0.3, 0.4) is 0 Å². The molecule has 0 amide bonds. The highest BCUT2D eigenvalue weighted by atomic mass is 19.1. The lowest BCUT2D eigenvalue weighted by atomic mass is 10.1. The number of methoxy groups -OCH3 is 2. The van der Waals surface area contributed by atoms with Gasteiger partial charge in [0.05, 0.1) is 14.2 Å². The highest BCUT2D eigenvalue weighted by Crippen LogP contribution is 2.31. The Labute approximate surface area is 103 Å². The van der Waals surface area contributed by atoms with Crippen LogP contribution in [0.2, 0.25) is 0 Å². The summed E-state index contributed by atoms with van der Waals surface area (Å²) in [6, 6.07) is 7.21. The van der Waals surface area contributed by atoms with Crippen molar-refractivity contribution in [1.29, 1.82) is 0 Å². The van der Waals surface area contributed by atoms with E-state index in [0.717, 1.165) is 0 Å². The lowest BCUT2D eigenvalue weighted by Gasteiger charge is -1.97. The van der Waals surface area contributed by atoms with E-state index in [1.807, 2.05) is 0 Å². The van der Waals surface area contributed by atoms with Gasteiger partial charge in [0.25, 0.3) is 5.95 Å². The van der Waals surface area contributed by atoms with Crippen molar-refractivity contribution in [2.75, 3.05) is 14.2 Å². The summed E-state index contributed by atoms with van der Waals surface area (Å²) in [5.74, 6) is -0.414. The fourth-order valence-electron chi connectivity index (χ4n) is 1.53. The molecule has 0 saturated carbocycles. The van der Waals surface area contributed by atoms with Gasteiger partial charge in [0.15, 0.2) is 0 Å². The minimum absolute atomic E-state index is 0.0705. The quantitative estimate of drug-likeness (QED) is 0.786. The lowest BCUT2D eigenvalue weighted by molar-refractivity contribution is 0.0594. The smallest absolute Gasteiger partial charge is 0.345 e. The third-order valence-corrected chi connectivity index (χ3v) is 2.42. The molecule has 2 rings (SSSR count). The van der Waals surface area contributed by atoms with E-state index in [1.165, 1.54) is 32.4 Å². The standard InChI is InChI=1S/C13H11FO4/c1-16-12(15)10-7-11(18-13(10)17-2)8-3-5-9(14)6-4-8/h3-7H,1-2H3. The molecule has 2 aromatic rings. The van der Waals surface area contributed by atoms with E-state index in [9.17, 15) is 9.18 Å². The summed E-state index contributed by atoms with van der Waals surface area (Å²) >= 11 is 0. The van der Waals surface area contributed by atoms with Crippen molar-refractivity contribution < 1.29 is 23.1 Å². The van der Waals surface area contributed by atoms with Crippen molar-refractivity contribution in [3.05, 3.63) is 41.7 Å². The molecule has 0 bridgehead atoms. The summed E-state index contributed by atoms with van der Waals surface area (Å²) in [6.07, 6.45) is 0. The Morgan fingerprint density at radius 3 is 2.44 bits per heavy atom. The summed E-state index contributed by atoms with van der Waals surface area (Å²) in [4.78, 5) is 11.5. The molecular formula is C13H11FO4. The highest BCUT2D eigenvalue weighted by molar-refractivity contribution is 5.93. The maximum atomic E-state index is 12.8. The first-order chi connectivity index (χ1) is 8.65. The molecule has 0 fully saturated rings. The second kappa shape index (κ2) is 4.91. The van der Waals surface area contributed by atoms with Gasteiger partial charge in [-0.1, -0.05) is 0 Å². The van der Waals surface area contributed by atoms with Crippen molar-refractivity contribution in [2.24, 2.45) is 0 Å². The summed E-state index contributed by atoms with van der Waals surface area (Å²) in [6.45, 7) is 0. The molecule has 0 radical (unpaired) electrons. The van der Waals surface area contributed by atoms with E-state index >= 15 is 0 Å². The summed E-state index contributed by atoms with van der Waals surface area (Å²) in [5, 5.41) is 0. The number of carbonyl (C=O) groups excluding carboxylic acids is 1. The van der Waals surface area contributed by atoms with Crippen LogP contribution in [0.5, 0.6) is 5.95 Å². The molecule has 5 heteroatoms. The SMILES string of the molecule is COC(=O)c1cc(-c2ccc(F)cc2)oc1OC. The molecule has 1 heterocycles. The van der Waals surface area contributed by atoms with Crippen molar-refractivity contribution in [3.63, 3.8) is 0 Å². The minimum Gasteiger partial charge on any atom is -0.468 e. The number of rotatable bonds is 3. The predicted octanol–water partition coefficient (Wildman–Crippen LogP) is 2.88. The van der Waals surface area contributed by atoms with Crippen LogP contribution in [0.4, 0.5) is 4.39 Å². The van der Waals surface area contributed by atoms with E-state index in [2.05, 4.69) is 4.74 Å². The molecule has 0 unspecified atom stereocenters. The number of carbonyl (C=O) groups is 1. The second-order valence-electron chi connectivity index (χ2n) is 3.51. The molecule has 0 N–H and O–H groups in total. The van der Waals surface area contributed by atoms with Crippen LogP contribution in [0.15, 0.2) is 34.7 Å². The number of benzene rings is 1. The molecule has 0 saturated heterocycles. The maximum Gasteiger partial charge on any atom is 0.345 e. The van der Waals surface area contributed by atoms with Crippen molar-refractivity contribution in [3.8, 4) is 17.3 Å². The Bertz CT molecular complexity index is 557. The molecule has 94 valence electrons. The lowest BCUT2D eigenvalue weighted by Crippen LogP contribution is -2.01. The van der Waals surface area contributed by atoms with Gasteiger partial charge in [-0.3, -0.25) is 0 Å². The minimum atomic E-state index is -0.552. The van der Waals surface area contributed by atoms with E-state index in [4.69, 9.17) is 9.15 Å². The average molecular weight is 250 g/mol. The van der Waals surface area contributed by atoms with Gasteiger partial charge < -0.3 is 13.9 Å². The molecule has 1 aromatic heterocycles. The summed E-state index contributed by atoms with van der Waals surface area (Å²) in [5.41, 5.74) is 0.837. The fraction of sp³-hybridized carbons (Fsp3) is 0.154. The Kier molecular flexibility index (Phi) is 3.32. The van der Waals surface area contributed by atoms with E-state index in [1.54, 1.807) is 12.1 Å². The predicted molar refractivity (Wildman–Crippen MR) is 62.0 cm³/mol. The monoisotopic (exact) mass is 250 g/mol. The van der Waals surface area contributed by atoms with Gasteiger partial charge in [-0.25, -0.2) is 9.18 Å². The maximum absolute atomic E-state index is 12.8. The van der Waals surface area contributed by atoms with Crippen LogP contribution < -0.4 is 4.74 Å². The van der Waals surface area contributed by atoms with Gasteiger partial charge in [-0.15, -0.1) is 0 Å². The highest BCUT2D eigenvalue weighted by Gasteiger charge is 2.20. The van der Waals surface area contributed by atoms with Crippen LogP contribution >= 0.6 is 0 Å². The van der Waals surface area contributed by atoms with Gasteiger partial charge in [0, 0.05) is 11.6 Å². The Balaban J connectivity index is 2.43. The topological polar surface area (TPSA) is 48.7 Å². The molecule has 0 atom stereocenters. The first kappa shape index (κ1) is 12.2. The van der Waals surface area contributed by atoms with Crippen LogP contribution in [0, 0.1) is 5.82 Å². The first-order valence-electron chi connectivity index (χ1n) is 5.17. The third kappa shape index (κ3) is 2.20. The molecular weight excluding hydrogens is 239 g/mol. The third-order valence-electron chi connectivity index (χ3n) is 2.42. The molecule has 4 nitrogen and oxygen atoms in total. The van der Waals surface area contributed by atoms with Gasteiger partial charge in [-0.2, -0.15) is 0 Å². The molecule has 18 heavy (non-hydrogen) atoms. The number of hydrogen-bond acceptors (Lipinski definition) is 4. The molecule has 0 aliphatic heterocycles. The zero-order valence-electron chi connectivity index (χ0n) is 9.90. The molecule has 1 aromatic carbocycles. The Morgan fingerprint density at radius 1 is 1.22 bits per heavy atom. The largest absolute Gasteiger partial charge is 0.468 e. The Morgan fingerprint density at radius 2 is 1.89 bits per heavy atom. The van der Waals surface area contributed by atoms with E-state index in [0.29, 0.717) is 11.3 Å². The normalized spacial score (nSPS) is 10.2. The zero-order valence-corrected chi connectivity index (χ0v) is 9.90. The molecule has 0 aliphatic rings. The number of furan rings is 1. The van der Waals surface area contributed by atoms with Gasteiger partial charge >= 0.3 is 5.97 Å².